The van der Waals surface area contributed by atoms with Crippen molar-refractivity contribution in [2.75, 3.05) is 11.0 Å². The number of benzene rings is 1. The van der Waals surface area contributed by atoms with Gasteiger partial charge in [-0.05, 0) is 24.3 Å². The molecule has 2 aromatic heterocycles. The quantitative estimate of drug-likeness (QED) is 0.492. The Labute approximate surface area is 169 Å². The van der Waals surface area contributed by atoms with Gasteiger partial charge in [-0.1, -0.05) is 3.89 Å². The Morgan fingerprint density at radius 1 is 1.10 bits per heavy atom. The largest absolute Gasteiger partial charge is 0.488 e. The lowest BCUT2D eigenvalue weighted by molar-refractivity contribution is 0.294. The van der Waals surface area contributed by atoms with Crippen LogP contribution in [0.3, 0.4) is 0 Å². The van der Waals surface area contributed by atoms with Gasteiger partial charge in [-0.15, -0.1) is 5.10 Å². The molecule has 0 amide bonds. The van der Waals surface area contributed by atoms with Crippen molar-refractivity contribution in [3.05, 3.63) is 54.4 Å². The van der Waals surface area contributed by atoms with Crippen molar-refractivity contribution in [1.29, 1.82) is 0 Å². The van der Waals surface area contributed by atoms with Gasteiger partial charge in [0, 0.05) is 6.07 Å². The fourth-order valence-corrected chi connectivity index (χ4v) is 2.91. The zero-order chi connectivity index (χ0) is 21.9. The number of pyridine rings is 1. The van der Waals surface area contributed by atoms with E-state index in [0.29, 0.717) is 0 Å². The Balaban J connectivity index is 1.66. The van der Waals surface area contributed by atoms with Crippen molar-refractivity contribution in [1.82, 2.24) is 19.7 Å². The fraction of sp³-hybridized carbons (Fsp3) is 0.133. The van der Waals surface area contributed by atoms with E-state index in [-0.39, 0.29) is 35.4 Å². The van der Waals surface area contributed by atoms with E-state index in [9.17, 15) is 25.1 Å². The smallest absolute Gasteiger partial charge is 0.487 e. The van der Waals surface area contributed by atoms with Crippen LogP contribution in [0.25, 0.3) is 5.69 Å². The minimum Gasteiger partial charge on any atom is -0.487 e. The maximum Gasteiger partial charge on any atom is 0.488 e. The number of hydrogen-bond acceptors (Lipinski definition) is 9. The first-order valence-electron chi connectivity index (χ1n) is 7.90. The zero-order valence-corrected chi connectivity index (χ0v) is 16.7. The number of sulfonamides is 1. The molecule has 0 fully saturated rings. The van der Waals surface area contributed by atoms with Crippen LogP contribution in [0.1, 0.15) is 5.69 Å². The molecule has 15 heteroatoms. The molecule has 3 rings (SSSR count). The normalized spacial score (nSPS) is 11.8. The standard InChI is InChI=1S/C15H13F2N5O6S2/c1-29(23,24)21-15-19-9-22(20-15)10-6-13(16)14(18-7-10)8-27-11-2-4-12(5-3-11)28-30(17,25)26/h2-7,9H,8H2,1H3,(H,20,21). The van der Waals surface area contributed by atoms with E-state index < -0.39 is 26.3 Å². The first-order chi connectivity index (χ1) is 14.0. The summed E-state index contributed by atoms with van der Waals surface area (Å²) in [5.74, 6) is -0.921. The number of aromatic nitrogens is 4. The number of rotatable bonds is 8. The van der Waals surface area contributed by atoms with Crippen molar-refractivity contribution >= 4 is 26.5 Å². The van der Waals surface area contributed by atoms with E-state index in [0.717, 1.165) is 29.1 Å². The molecular formula is C15H13F2N5O6S2. The molecule has 1 aromatic carbocycles. The molecule has 0 aliphatic heterocycles. The van der Waals surface area contributed by atoms with Crippen molar-refractivity contribution in [2.24, 2.45) is 0 Å². The highest BCUT2D eigenvalue weighted by Gasteiger charge is 2.12. The van der Waals surface area contributed by atoms with Gasteiger partial charge < -0.3 is 8.92 Å². The minimum atomic E-state index is -5.13. The highest BCUT2D eigenvalue weighted by molar-refractivity contribution is 7.92. The van der Waals surface area contributed by atoms with Crippen LogP contribution in [-0.4, -0.2) is 42.8 Å². The highest BCUT2D eigenvalue weighted by Crippen LogP contribution is 2.21. The Morgan fingerprint density at radius 2 is 1.77 bits per heavy atom. The van der Waals surface area contributed by atoms with E-state index in [4.69, 9.17) is 4.74 Å². The molecular weight excluding hydrogens is 448 g/mol. The van der Waals surface area contributed by atoms with Gasteiger partial charge in [0.15, 0.2) is 0 Å². The third-order valence-corrected chi connectivity index (χ3v) is 4.28. The first-order valence-corrected chi connectivity index (χ1v) is 11.1. The van der Waals surface area contributed by atoms with Crippen molar-refractivity contribution < 1.29 is 34.0 Å². The lowest BCUT2D eigenvalue weighted by Gasteiger charge is -2.08. The lowest BCUT2D eigenvalue weighted by Crippen LogP contribution is -2.11. The minimum absolute atomic E-state index is 0.0417. The monoisotopic (exact) mass is 461 g/mol. The molecule has 3 aromatic rings. The second-order valence-corrected chi connectivity index (χ2v) is 8.45. The number of hydrogen-bond donors (Lipinski definition) is 1. The summed E-state index contributed by atoms with van der Waals surface area (Å²) in [5, 5.41) is 3.86. The van der Waals surface area contributed by atoms with Gasteiger partial charge in [0.1, 0.15) is 35.9 Å². The molecule has 0 aliphatic carbocycles. The molecule has 0 atom stereocenters. The molecule has 30 heavy (non-hydrogen) atoms. The van der Waals surface area contributed by atoms with Crippen LogP contribution in [0.2, 0.25) is 0 Å². The maximum absolute atomic E-state index is 14.3. The average Bonchev–Trinajstić information content (AvgIpc) is 3.07. The summed E-state index contributed by atoms with van der Waals surface area (Å²) in [5.41, 5.74) is 0.152. The first kappa shape index (κ1) is 21.4. The Bertz CT molecular complexity index is 1260. The molecule has 0 radical (unpaired) electrons. The summed E-state index contributed by atoms with van der Waals surface area (Å²) >= 11 is 0. The number of ether oxygens (including phenoxy) is 1. The second-order valence-electron chi connectivity index (χ2n) is 5.75. The molecule has 2 heterocycles. The third kappa shape index (κ3) is 6.08. The Morgan fingerprint density at radius 3 is 2.37 bits per heavy atom. The van der Waals surface area contributed by atoms with Gasteiger partial charge in [-0.2, -0.15) is 13.4 Å². The average molecular weight is 461 g/mol. The molecule has 0 saturated carbocycles. The van der Waals surface area contributed by atoms with Crippen molar-refractivity contribution in [3.63, 3.8) is 0 Å². The van der Waals surface area contributed by atoms with Gasteiger partial charge in [0.05, 0.1) is 18.1 Å². The maximum atomic E-state index is 14.3. The van der Waals surface area contributed by atoms with Crippen LogP contribution in [0, 0.1) is 5.82 Å². The van der Waals surface area contributed by atoms with Gasteiger partial charge in [-0.25, -0.2) is 17.5 Å². The highest BCUT2D eigenvalue weighted by atomic mass is 32.3. The molecule has 0 spiro atoms. The Hall–Kier alpha value is -3.33. The zero-order valence-electron chi connectivity index (χ0n) is 15.1. The topological polar surface area (TPSA) is 142 Å². The number of anilines is 1. The predicted molar refractivity (Wildman–Crippen MR) is 99.0 cm³/mol. The summed E-state index contributed by atoms with van der Waals surface area (Å²) in [6.07, 6.45) is 3.40. The van der Waals surface area contributed by atoms with Crippen LogP contribution < -0.4 is 13.6 Å². The number of halogens is 2. The van der Waals surface area contributed by atoms with Gasteiger partial charge in [0.2, 0.25) is 10.0 Å². The van der Waals surface area contributed by atoms with Gasteiger partial charge in [-0.3, -0.25) is 9.71 Å². The van der Waals surface area contributed by atoms with E-state index in [1.54, 1.807) is 0 Å². The summed E-state index contributed by atoms with van der Waals surface area (Å²) in [4.78, 5) is 7.69. The van der Waals surface area contributed by atoms with Crippen LogP contribution in [0.5, 0.6) is 11.5 Å². The summed E-state index contributed by atoms with van der Waals surface area (Å²) in [7, 11) is -8.69. The number of nitrogens with one attached hydrogen (secondary N) is 1. The summed E-state index contributed by atoms with van der Waals surface area (Å²) < 4.78 is 82.6. The molecule has 1 N–H and O–H groups in total. The van der Waals surface area contributed by atoms with Crippen LogP contribution in [-0.2, 0) is 27.1 Å². The van der Waals surface area contributed by atoms with E-state index in [1.807, 2.05) is 0 Å². The van der Waals surface area contributed by atoms with Crippen LogP contribution >= 0.6 is 0 Å². The van der Waals surface area contributed by atoms with E-state index >= 15 is 0 Å². The van der Waals surface area contributed by atoms with Crippen LogP contribution in [0.4, 0.5) is 14.2 Å². The van der Waals surface area contributed by atoms with Crippen LogP contribution in [0.15, 0.2) is 42.9 Å². The molecule has 160 valence electrons. The Kier molecular flexibility index (Phi) is 5.84. The molecule has 11 nitrogen and oxygen atoms in total. The summed E-state index contributed by atoms with van der Waals surface area (Å²) in [6.45, 7) is -0.258. The van der Waals surface area contributed by atoms with E-state index in [1.165, 1.54) is 24.7 Å². The predicted octanol–water partition coefficient (Wildman–Crippen LogP) is 1.34. The molecule has 0 aliphatic rings. The SMILES string of the molecule is CS(=O)(=O)Nc1ncn(-c2cnc(COc3ccc(OS(=O)(=O)F)cc3)c(F)c2)n1. The molecule has 0 saturated heterocycles. The van der Waals surface area contributed by atoms with Crippen molar-refractivity contribution in [2.45, 2.75) is 6.61 Å². The summed E-state index contributed by atoms with van der Waals surface area (Å²) in [6, 6.07) is 6.03. The number of nitrogens with zero attached hydrogens (tertiary/aromatic N) is 4. The lowest BCUT2D eigenvalue weighted by atomic mass is 10.3. The molecule has 0 bridgehead atoms. The van der Waals surface area contributed by atoms with Gasteiger partial charge in [0.25, 0.3) is 5.95 Å². The fourth-order valence-electron chi connectivity index (χ4n) is 2.15. The third-order valence-electron chi connectivity index (χ3n) is 3.33. The van der Waals surface area contributed by atoms with E-state index in [2.05, 4.69) is 24.0 Å². The van der Waals surface area contributed by atoms with Gasteiger partial charge >= 0.3 is 10.5 Å². The molecule has 0 unspecified atom stereocenters. The second kappa shape index (κ2) is 8.19. The van der Waals surface area contributed by atoms with Crippen molar-refractivity contribution in [3.8, 4) is 17.2 Å².